The second kappa shape index (κ2) is 7.00. The Morgan fingerprint density at radius 3 is 2.81 bits per heavy atom. The van der Waals surface area contributed by atoms with Crippen LogP contribution in [0.4, 0.5) is 0 Å². The molecule has 0 atom stereocenters. The van der Waals surface area contributed by atoms with Crippen molar-refractivity contribution in [2.45, 2.75) is 6.92 Å². The van der Waals surface area contributed by atoms with Gasteiger partial charge in [-0.15, -0.1) is 11.3 Å². The molecular weight excluding hydrogens is 418 g/mol. The van der Waals surface area contributed by atoms with Crippen molar-refractivity contribution in [1.29, 1.82) is 0 Å². The van der Waals surface area contributed by atoms with Crippen LogP contribution in [0.1, 0.15) is 11.8 Å². The van der Waals surface area contributed by atoms with E-state index in [0.717, 1.165) is 55.8 Å². The topological polar surface area (TPSA) is 88.1 Å². The van der Waals surface area contributed by atoms with Crippen molar-refractivity contribution in [3.05, 3.63) is 66.4 Å². The molecule has 6 aromatic rings. The molecular formula is C24H19N7S. The summed E-state index contributed by atoms with van der Waals surface area (Å²) in [4.78, 5) is 15.3. The maximum absolute atomic E-state index is 4.95. The smallest absolute Gasteiger partial charge is 0.159 e. The van der Waals surface area contributed by atoms with E-state index in [4.69, 9.17) is 4.98 Å². The monoisotopic (exact) mass is 437 g/mol. The summed E-state index contributed by atoms with van der Waals surface area (Å²) in [7, 11) is 1.89. The highest BCUT2D eigenvalue weighted by Gasteiger charge is 2.17. The van der Waals surface area contributed by atoms with Gasteiger partial charge in [-0.1, -0.05) is 18.7 Å². The largest absolute Gasteiger partial charge is 0.337 e. The van der Waals surface area contributed by atoms with Crippen LogP contribution >= 0.6 is 11.3 Å². The van der Waals surface area contributed by atoms with Crippen LogP contribution in [-0.2, 0) is 7.05 Å². The first-order valence-corrected chi connectivity index (χ1v) is 11.0. The number of nitrogens with zero attached hydrogens (tertiary/aromatic N) is 5. The van der Waals surface area contributed by atoms with Crippen molar-refractivity contribution in [3.8, 4) is 33.2 Å². The molecule has 0 aliphatic heterocycles. The lowest BCUT2D eigenvalue weighted by atomic mass is 10.1. The van der Waals surface area contributed by atoms with Crippen LogP contribution in [0, 0.1) is 0 Å². The minimum absolute atomic E-state index is 0.721. The average Bonchev–Trinajstić information content (AvgIpc) is 3.56. The molecule has 6 rings (SSSR count). The molecule has 0 aliphatic carbocycles. The Morgan fingerprint density at radius 2 is 2.03 bits per heavy atom. The zero-order valence-electron chi connectivity index (χ0n) is 17.5. The summed E-state index contributed by atoms with van der Waals surface area (Å²) in [5.74, 6) is 0.721. The molecule has 156 valence electrons. The fourth-order valence-electron chi connectivity index (χ4n) is 3.86. The molecule has 0 amide bonds. The quantitative estimate of drug-likeness (QED) is 0.372. The number of aryl methyl sites for hydroxylation is 1. The lowest BCUT2D eigenvalue weighted by molar-refractivity contribution is 0.768. The number of nitrogens with one attached hydrogen (secondary N) is 2. The zero-order chi connectivity index (χ0) is 21.8. The van der Waals surface area contributed by atoms with E-state index in [-0.39, 0.29) is 0 Å². The number of aromatic nitrogens is 7. The summed E-state index contributed by atoms with van der Waals surface area (Å²) in [5, 5.41) is 12.8. The van der Waals surface area contributed by atoms with Crippen molar-refractivity contribution < 1.29 is 0 Å². The molecule has 2 N–H and O–H groups in total. The number of aromatic amines is 2. The number of para-hydroxylation sites is 1. The molecule has 0 spiro atoms. The summed E-state index contributed by atoms with van der Waals surface area (Å²) in [6.07, 6.45) is 5.55. The molecule has 5 heterocycles. The fraction of sp³-hybridized carbons (Fsp3) is 0.0833. The zero-order valence-corrected chi connectivity index (χ0v) is 18.4. The summed E-state index contributed by atoms with van der Waals surface area (Å²) >= 11 is 1.73. The van der Waals surface area contributed by atoms with Crippen LogP contribution in [0.2, 0.25) is 0 Å². The minimum Gasteiger partial charge on any atom is -0.337 e. The van der Waals surface area contributed by atoms with Gasteiger partial charge in [0.2, 0.25) is 0 Å². The highest BCUT2D eigenvalue weighted by atomic mass is 32.1. The molecule has 0 aliphatic rings. The van der Waals surface area contributed by atoms with Crippen LogP contribution in [0.25, 0.3) is 60.7 Å². The summed E-state index contributed by atoms with van der Waals surface area (Å²) < 4.78 is 1.77. The molecule has 0 bridgehead atoms. The SMILES string of the molecule is C=C(C)c1ccc(-c2cccc3[nH]c(-c4n[nH]c5cnc(-c6cnn(C)c6)cc45)nc23)s1. The van der Waals surface area contributed by atoms with Crippen LogP contribution < -0.4 is 0 Å². The van der Waals surface area contributed by atoms with Gasteiger partial charge in [0.1, 0.15) is 5.69 Å². The fourth-order valence-corrected chi connectivity index (χ4v) is 4.82. The summed E-state index contributed by atoms with van der Waals surface area (Å²) in [6, 6.07) is 12.5. The third-order valence-corrected chi connectivity index (χ3v) is 6.76. The van der Waals surface area contributed by atoms with Gasteiger partial charge in [0.15, 0.2) is 5.82 Å². The molecule has 1 aromatic carbocycles. The molecule has 8 heteroatoms. The molecule has 32 heavy (non-hydrogen) atoms. The van der Waals surface area contributed by atoms with E-state index in [1.54, 1.807) is 22.2 Å². The standard InChI is InChI=1S/C24H19N7S/c1-13(2)20-7-8-21(32-20)15-5-4-6-17-22(15)28-24(27-17)23-16-9-18(14-10-26-31(3)12-14)25-11-19(16)29-30-23/h4-12H,1H2,2-3H3,(H,27,28)(H,29,30). The van der Waals surface area contributed by atoms with Gasteiger partial charge in [-0.3, -0.25) is 14.8 Å². The van der Waals surface area contributed by atoms with Crippen LogP contribution in [-0.4, -0.2) is 34.9 Å². The van der Waals surface area contributed by atoms with Crippen molar-refractivity contribution in [3.63, 3.8) is 0 Å². The lowest BCUT2D eigenvalue weighted by Crippen LogP contribution is -1.85. The number of allylic oxidation sites excluding steroid dienone is 1. The third-order valence-electron chi connectivity index (χ3n) is 5.48. The van der Waals surface area contributed by atoms with Gasteiger partial charge in [-0.25, -0.2) is 4.98 Å². The van der Waals surface area contributed by atoms with Gasteiger partial charge in [-0.2, -0.15) is 10.2 Å². The summed E-state index contributed by atoms with van der Waals surface area (Å²) in [5.41, 5.74) is 7.49. The number of hydrogen-bond acceptors (Lipinski definition) is 5. The summed E-state index contributed by atoms with van der Waals surface area (Å²) in [6.45, 7) is 6.09. The second-order valence-corrected chi connectivity index (χ2v) is 8.91. The van der Waals surface area contributed by atoms with Gasteiger partial charge < -0.3 is 4.98 Å². The number of H-pyrrole nitrogens is 2. The van der Waals surface area contributed by atoms with Crippen molar-refractivity contribution in [1.82, 2.24) is 34.9 Å². The van der Waals surface area contributed by atoms with Gasteiger partial charge in [0.05, 0.1) is 34.6 Å². The molecule has 0 saturated carbocycles. The van der Waals surface area contributed by atoms with Crippen molar-refractivity contribution in [2.24, 2.45) is 7.05 Å². The first kappa shape index (κ1) is 18.7. The predicted molar refractivity (Wildman–Crippen MR) is 129 cm³/mol. The van der Waals surface area contributed by atoms with Gasteiger partial charge in [0.25, 0.3) is 0 Å². The first-order valence-electron chi connectivity index (χ1n) is 10.1. The molecule has 0 fully saturated rings. The van der Waals surface area contributed by atoms with E-state index in [0.29, 0.717) is 0 Å². The first-order chi connectivity index (χ1) is 15.6. The van der Waals surface area contributed by atoms with E-state index in [1.807, 2.05) is 44.6 Å². The number of rotatable bonds is 4. The number of thiophene rings is 1. The number of benzene rings is 1. The van der Waals surface area contributed by atoms with Gasteiger partial charge >= 0.3 is 0 Å². The van der Waals surface area contributed by atoms with E-state index in [1.165, 1.54) is 9.75 Å². The predicted octanol–water partition coefficient (Wildman–Crippen LogP) is 5.66. The van der Waals surface area contributed by atoms with Crippen LogP contribution in [0.5, 0.6) is 0 Å². The molecule has 7 nitrogen and oxygen atoms in total. The minimum atomic E-state index is 0.721. The maximum Gasteiger partial charge on any atom is 0.159 e. The number of imidazole rings is 1. The Bertz CT molecular complexity index is 1630. The molecule has 5 aromatic heterocycles. The van der Waals surface area contributed by atoms with E-state index in [2.05, 4.69) is 50.0 Å². The second-order valence-electron chi connectivity index (χ2n) is 7.82. The highest BCUT2D eigenvalue weighted by molar-refractivity contribution is 7.16. The van der Waals surface area contributed by atoms with E-state index >= 15 is 0 Å². The Kier molecular flexibility index (Phi) is 4.09. The Labute approximate surface area is 187 Å². The van der Waals surface area contributed by atoms with Crippen molar-refractivity contribution >= 4 is 38.8 Å². The Hall–Kier alpha value is -4.04. The Balaban J connectivity index is 1.49. The van der Waals surface area contributed by atoms with Gasteiger partial charge in [-0.05, 0) is 36.8 Å². The van der Waals surface area contributed by atoms with E-state index in [9.17, 15) is 0 Å². The normalized spacial score (nSPS) is 11.6. The molecule has 0 saturated heterocycles. The highest BCUT2D eigenvalue weighted by Crippen LogP contribution is 2.36. The lowest BCUT2D eigenvalue weighted by Gasteiger charge is -1.98. The number of fused-ring (bicyclic) bond motifs is 2. The van der Waals surface area contributed by atoms with Crippen molar-refractivity contribution in [2.75, 3.05) is 0 Å². The number of hydrogen-bond donors (Lipinski definition) is 2. The molecule has 0 radical (unpaired) electrons. The average molecular weight is 438 g/mol. The van der Waals surface area contributed by atoms with Crippen LogP contribution in [0.15, 0.2) is 61.6 Å². The third kappa shape index (κ3) is 2.96. The maximum atomic E-state index is 4.95. The van der Waals surface area contributed by atoms with Gasteiger partial charge in [0, 0.05) is 39.5 Å². The Morgan fingerprint density at radius 1 is 1.12 bits per heavy atom. The van der Waals surface area contributed by atoms with Crippen LogP contribution in [0.3, 0.4) is 0 Å². The molecule has 0 unspecified atom stereocenters. The van der Waals surface area contributed by atoms with E-state index < -0.39 is 0 Å². The number of pyridine rings is 1.